The number of hydrogen-bond acceptors (Lipinski definition) is 5. The van der Waals surface area contributed by atoms with E-state index in [0.29, 0.717) is 17.8 Å². The molecule has 2 rings (SSSR count). The van der Waals surface area contributed by atoms with Crippen molar-refractivity contribution in [3.63, 3.8) is 0 Å². The zero-order chi connectivity index (χ0) is 11.5. The number of nitrogen functional groups attached to an aromatic ring is 1. The Kier molecular flexibility index (Phi) is 2.68. The normalized spacial score (nSPS) is 10.3. The van der Waals surface area contributed by atoms with Gasteiger partial charge in [-0.05, 0) is 19.1 Å². The third kappa shape index (κ3) is 1.79. The highest BCUT2D eigenvalue weighted by Gasteiger charge is 2.13. The minimum Gasteiger partial charge on any atom is -0.461 e. The number of carbonyl (C=O) groups excluding carboxylic acids is 1. The van der Waals surface area contributed by atoms with Gasteiger partial charge in [-0.25, -0.2) is 9.78 Å². The first-order valence-corrected chi connectivity index (χ1v) is 4.89. The van der Waals surface area contributed by atoms with Gasteiger partial charge in [0.05, 0.1) is 17.8 Å². The molecule has 0 aromatic carbocycles. The third-order valence-electron chi connectivity index (χ3n) is 2.11. The highest BCUT2D eigenvalue weighted by molar-refractivity contribution is 5.96. The van der Waals surface area contributed by atoms with E-state index in [0.717, 1.165) is 5.39 Å². The second-order valence-corrected chi connectivity index (χ2v) is 3.22. The standard InChI is InChI=1S/C11H11N3O2/c1-2-16-11(15)10-8(12)5-7-6-13-4-3-9(7)14-10/h3-6H,2,12H2,1H3. The van der Waals surface area contributed by atoms with Crippen LogP contribution in [0.15, 0.2) is 24.5 Å². The average molecular weight is 217 g/mol. The minimum atomic E-state index is -0.501. The largest absolute Gasteiger partial charge is 0.461 e. The van der Waals surface area contributed by atoms with E-state index in [1.165, 1.54) is 0 Å². The maximum atomic E-state index is 11.5. The van der Waals surface area contributed by atoms with Gasteiger partial charge in [0.1, 0.15) is 0 Å². The predicted octanol–water partition coefficient (Wildman–Crippen LogP) is 1.39. The van der Waals surface area contributed by atoms with E-state index in [1.807, 2.05) is 0 Å². The van der Waals surface area contributed by atoms with Crippen LogP contribution in [0.1, 0.15) is 17.4 Å². The number of anilines is 1. The first-order valence-electron chi connectivity index (χ1n) is 4.89. The lowest BCUT2D eigenvalue weighted by Crippen LogP contribution is -2.10. The van der Waals surface area contributed by atoms with Crippen LogP contribution >= 0.6 is 0 Å². The van der Waals surface area contributed by atoms with Crippen molar-refractivity contribution < 1.29 is 9.53 Å². The van der Waals surface area contributed by atoms with Crippen LogP contribution in [0.25, 0.3) is 10.9 Å². The van der Waals surface area contributed by atoms with Crippen molar-refractivity contribution in [3.05, 3.63) is 30.2 Å². The Morgan fingerprint density at radius 3 is 3.12 bits per heavy atom. The Bertz CT molecular complexity index is 540. The van der Waals surface area contributed by atoms with Crippen molar-refractivity contribution in [2.24, 2.45) is 0 Å². The zero-order valence-electron chi connectivity index (χ0n) is 8.80. The average Bonchev–Trinajstić information content (AvgIpc) is 2.28. The fraction of sp³-hybridized carbons (Fsp3) is 0.182. The molecular formula is C11H11N3O2. The molecule has 0 unspecified atom stereocenters. The summed E-state index contributed by atoms with van der Waals surface area (Å²) in [5.74, 6) is -0.501. The number of hydrogen-bond donors (Lipinski definition) is 1. The zero-order valence-corrected chi connectivity index (χ0v) is 8.80. The minimum absolute atomic E-state index is 0.153. The number of esters is 1. The lowest BCUT2D eigenvalue weighted by atomic mass is 10.2. The number of nitrogens with zero attached hydrogens (tertiary/aromatic N) is 2. The number of fused-ring (bicyclic) bond motifs is 1. The molecule has 0 aliphatic rings. The number of rotatable bonds is 2. The van der Waals surface area contributed by atoms with Crippen molar-refractivity contribution in [1.82, 2.24) is 9.97 Å². The lowest BCUT2D eigenvalue weighted by molar-refractivity contribution is 0.0521. The molecular weight excluding hydrogens is 206 g/mol. The van der Waals surface area contributed by atoms with Gasteiger partial charge in [0.2, 0.25) is 0 Å². The smallest absolute Gasteiger partial charge is 0.359 e. The molecule has 2 aromatic heterocycles. The second-order valence-electron chi connectivity index (χ2n) is 3.22. The molecule has 2 aromatic rings. The SMILES string of the molecule is CCOC(=O)c1nc2ccncc2cc1N. The van der Waals surface area contributed by atoms with Gasteiger partial charge >= 0.3 is 5.97 Å². The van der Waals surface area contributed by atoms with Gasteiger partial charge in [-0.3, -0.25) is 4.98 Å². The summed E-state index contributed by atoms with van der Waals surface area (Å²) in [7, 11) is 0. The van der Waals surface area contributed by atoms with Crippen LogP contribution in [0.3, 0.4) is 0 Å². The monoisotopic (exact) mass is 217 g/mol. The molecule has 0 fully saturated rings. The number of pyridine rings is 2. The van der Waals surface area contributed by atoms with E-state index in [1.54, 1.807) is 31.5 Å². The van der Waals surface area contributed by atoms with E-state index in [4.69, 9.17) is 10.5 Å². The van der Waals surface area contributed by atoms with Gasteiger partial charge in [-0.1, -0.05) is 0 Å². The molecule has 0 aliphatic carbocycles. The summed E-state index contributed by atoms with van der Waals surface area (Å²) in [6.45, 7) is 2.04. The van der Waals surface area contributed by atoms with Crippen molar-refractivity contribution in [3.8, 4) is 0 Å². The van der Waals surface area contributed by atoms with Crippen LogP contribution < -0.4 is 5.73 Å². The summed E-state index contributed by atoms with van der Waals surface area (Å²) in [6, 6.07) is 3.39. The summed E-state index contributed by atoms with van der Waals surface area (Å²) in [4.78, 5) is 19.6. The maximum Gasteiger partial charge on any atom is 0.359 e. The second kappa shape index (κ2) is 4.14. The van der Waals surface area contributed by atoms with Crippen molar-refractivity contribution >= 4 is 22.6 Å². The van der Waals surface area contributed by atoms with Gasteiger partial charge in [0.15, 0.2) is 5.69 Å². The first kappa shape index (κ1) is 10.4. The molecule has 0 radical (unpaired) electrons. The predicted molar refractivity (Wildman–Crippen MR) is 59.9 cm³/mol. The molecule has 2 heterocycles. The van der Waals surface area contributed by atoms with Crippen molar-refractivity contribution in [2.45, 2.75) is 6.92 Å². The Hall–Kier alpha value is -2.17. The molecule has 0 atom stereocenters. The van der Waals surface area contributed by atoms with Gasteiger partial charge < -0.3 is 10.5 Å². The van der Waals surface area contributed by atoms with E-state index < -0.39 is 5.97 Å². The Balaban J connectivity index is 2.54. The topological polar surface area (TPSA) is 78.1 Å². The van der Waals surface area contributed by atoms with E-state index in [-0.39, 0.29) is 5.69 Å². The molecule has 0 saturated carbocycles. The highest BCUT2D eigenvalue weighted by Crippen LogP contribution is 2.18. The van der Waals surface area contributed by atoms with Gasteiger partial charge in [-0.15, -0.1) is 0 Å². The molecule has 5 heteroatoms. The fourth-order valence-electron chi connectivity index (χ4n) is 1.40. The summed E-state index contributed by atoms with van der Waals surface area (Å²) in [6.07, 6.45) is 3.26. The Morgan fingerprint density at radius 2 is 2.38 bits per heavy atom. The van der Waals surface area contributed by atoms with Crippen LogP contribution in [-0.4, -0.2) is 22.5 Å². The summed E-state index contributed by atoms with van der Waals surface area (Å²) < 4.78 is 4.86. The molecule has 0 amide bonds. The summed E-state index contributed by atoms with van der Waals surface area (Å²) in [5, 5.41) is 0.799. The van der Waals surface area contributed by atoms with Crippen LogP contribution in [0.2, 0.25) is 0 Å². The number of aromatic nitrogens is 2. The molecule has 0 bridgehead atoms. The molecule has 5 nitrogen and oxygen atoms in total. The number of carbonyl (C=O) groups is 1. The van der Waals surface area contributed by atoms with Crippen LogP contribution in [0.4, 0.5) is 5.69 Å². The maximum absolute atomic E-state index is 11.5. The van der Waals surface area contributed by atoms with Crippen molar-refractivity contribution in [2.75, 3.05) is 12.3 Å². The number of nitrogens with two attached hydrogens (primary N) is 1. The van der Waals surface area contributed by atoms with E-state index in [9.17, 15) is 4.79 Å². The molecule has 82 valence electrons. The molecule has 0 saturated heterocycles. The molecule has 16 heavy (non-hydrogen) atoms. The fourth-order valence-corrected chi connectivity index (χ4v) is 1.40. The first-order chi connectivity index (χ1) is 7.72. The molecule has 2 N–H and O–H groups in total. The molecule has 0 spiro atoms. The highest BCUT2D eigenvalue weighted by atomic mass is 16.5. The van der Waals surface area contributed by atoms with Gasteiger partial charge in [0, 0.05) is 17.8 Å². The van der Waals surface area contributed by atoms with Crippen LogP contribution in [0, 0.1) is 0 Å². The van der Waals surface area contributed by atoms with Gasteiger partial charge in [0.25, 0.3) is 0 Å². The van der Waals surface area contributed by atoms with Crippen LogP contribution in [-0.2, 0) is 4.74 Å². The lowest BCUT2D eigenvalue weighted by Gasteiger charge is -2.05. The van der Waals surface area contributed by atoms with E-state index >= 15 is 0 Å². The van der Waals surface area contributed by atoms with E-state index in [2.05, 4.69) is 9.97 Å². The summed E-state index contributed by atoms with van der Waals surface area (Å²) >= 11 is 0. The van der Waals surface area contributed by atoms with Crippen LogP contribution in [0.5, 0.6) is 0 Å². The summed E-state index contributed by atoms with van der Waals surface area (Å²) in [5.41, 5.74) is 6.86. The van der Waals surface area contributed by atoms with Gasteiger partial charge in [-0.2, -0.15) is 0 Å². The Labute approximate surface area is 92.3 Å². The molecule has 0 aliphatic heterocycles. The number of ether oxygens (including phenoxy) is 1. The Morgan fingerprint density at radius 1 is 1.56 bits per heavy atom. The van der Waals surface area contributed by atoms with Crippen molar-refractivity contribution in [1.29, 1.82) is 0 Å². The third-order valence-corrected chi connectivity index (χ3v) is 2.11. The quantitative estimate of drug-likeness (QED) is 0.769.